The maximum atomic E-state index is 11.0. The van der Waals surface area contributed by atoms with E-state index in [1.165, 1.54) is 6.26 Å². The molecule has 0 atom stereocenters. The molecule has 1 aliphatic carbocycles. The van der Waals surface area contributed by atoms with E-state index >= 15 is 0 Å². The molecule has 1 N–H and O–H groups in total. The summed E-state index contributed by atoms with van der Waals surface area (Å²) in [5.41, 5.74) is -0.563. The first kappa shape index (κ1) is 15.9. The Morgan fingerprint density at radius 1 is 1.33 bits per heavy atom. The van der Waals surface area contributed by atoms with Crippen molar-refractivity contribution in [3.63, 3.8) is 0 Å². The third-order valence-corrected chi connectivity index (χ3v) is 4.85. The van der Waals surface area contributed by atoms with Crippen molar-refractivity contribution < 1.29 is 13.5 Å². The van der Waals surface area contributed by atoms with Crippen LogP contribution in [0, 0.1) is 5.92 Å². The van der Waals surface area contributed by atoms with E-state index in [4.69, 9.17) is 0 Å². The van der Waals surface area contributed by atoms with Crippen LogP contribution in [0.25, 0.3) is 0 Å². The van der Waals surface area contributed by atoms with Crippen LogP contribution in [0.1, 0.15) is 39.0 Å². The van der Waals surface area contributed by atoms with Crippen molar-refractivity contribution in [3.05, 3.63) is 0 Å². The monoisotopic (exact) mass is 277 g/mol. The second kappa shape index (κ2) is 6.35. The van der Waals surface area contributed by atoms with Crippen LogP contribution in [0.4, 0.5) is 0 Å². The Morgan fingerprint density at radius 2 is 1.89 bits per heavy atom. The molecule has 5 heteroatoms. The van der Waals surface area contributed by atoms with Crippen LogP contribution in [0.15, 0.2) is 0 Å². The van der Waals surface area contributed by atoms with Crippen LogP contribution in [-0.2, 0) is 9.84 Å². The molecule has 0 aliphatic heterocycles. The average molecular weight is 277 g/mol. The molecule has 1 rings (SSSR count). The van der Waals surface area contributed by atoms with E-state index in [1.807, 2.05) is 7.05 Å². The van der Waals surface area contributed by atoms with E-state index in [0.717, 1.165) is 38.1 Å². The molecule has 0 radical (unpaired) electrons. The van der Waals surface area contributed by atoms with Gasteiger partial charge in [0.1, 0.15) is 9.84 Å². The van der Waals surface area contributed by atoms with Crippen LogP contribution >= 0.6 is 0 Å². The molecule has 4 nitrogen and oxygen atoms in total. The van der Waals surface area contributed by atoms with E-state index in [-0.39, 0.29) is 5.75 Å². The lowest BCUT2D eigenvalue weighted by molar-refractivity contribution is -0.0299. The predicted molar refractivity (Wildman–Crippen MR) is 74.4 cm³/mol. The molecule has 1 aliphatic rings. The first-order chi connectivity index (χ1) is 8.20. The number of nitrogens with zero attached hydrogens (tertiary/aromatic N) is 1. The van der Waals surface area contributed by atoms with Gasteiger partial charge >= 0.3 is 0 Å². The summed E-state index contributed by atoms with van der Waals surface area (Å²) in [6, 6.07) is 0. The van der Waals surface area contributed by atoms with E-state index in [0.29, 0.717) is 13.0 Å². The molecule has 1 saturated carbocycles. The molecule has 18 heavy (non-hydrogen) atoms. The number of hydrogen-bond acceptors (Lipinski definition) is 4. The number of aliphatic hydroxyl groups is 1. The van der Waals surface area contributed by atoms with Gasteiger partial charge in [0.15, 0.2) is 0 Å². The highest BCUT2D eigenvalue weighted by molar-refractivity contribution is 7.90. The van der Waals surface area contributed by atoms with Gasteiger partial charge in [0.2, 0.25) is 0 Å². The van der Waals surface area contributed by atoms with Gasteiger partial charge in [-0.2, -0.15) is 0 Å². The van der Waals surface area contributed by atoms with Crippen molar-refractivity contribution in [3.8, 4) is 0 Å². The van der Waals surface area contributed by atoms with E-state index in [1.54, 1.807) is 0 Å². The molecular formula is C13H27NO3S. The molecule has 108 valence electrons. The molecule has 0 amide bonds. The van der Waals surface area contributed by atoms with Crippen LogP contribution < -0.4 is 0 Å². The van der Waals surface area contributed by atoms with Gasteiger partial charge in [-0.05, 0) is 51.6 Å². The highest BCUT2D eigenvalue weighted by Gasteiger charge is 2.32. The van der Waals surface area contributed by atoms with Gasteiger partial charge in [0, 0.05) is 12.8 Å². The topological polar surface area (TPSA) is 57.6 Å². The van der Waals surface area contributed by atoms with E-state index in [2.05, 4.69) is 11.8 Å². The van der Waals surface area contributed by atoms with Gasteiger partial charge in [0.05, 0.1) is 11.4 Å². The van der Waals surface area contributed by atoms with Gasteiger partial charge < -0.3 is 10.0 Å². The molecule has 0 spiro atoms. The van der Waals surface area contributed by atoms with Crippen molar-refractivity contribution in [2.24, 2.45) is 5.92 Å². The van der Waals surface area contributed by atoms with Crippen LogP contribution in [0.3, 0.4) is 0 Å². The third-order valence-electron chi connectivity index (χ3n) is 3.82. The number of rotatable bonds is 6. The fraction of sp³-hybridized carbons (Fsp3) is 1.00. The lowest BCUT2D eigenvalue weighted by Gasteiger charge is -2.37. The number of hydrogen-bond donors (Lipinski definition) is 1. The smallest absolute Gasteiger partial charge is 0.147 e. The van der Waals surface area contributed by atoms with Crippen molar-refractivity contribution >= 4 is 9.84 Å². The first-order valence-corrected chi connectivity index (χ1v) is 8.85. The summed E-state index contributed by atoms with van der Waals surface area (Å²) in [7, 11) is -0.908. The van der Waals surface area contributed by atoms with Crippen LogP contribution in [0.5, 0.6) is 0 Å². The Labute approximate surface area is 111 Å². The third kappa shape index (κ3) is 6.16. The zero-order chi connectivity index (χ0) is 13.8. The van der Waals surface area contributed by atoms with Crippen LogP contribution in [0.2, 0.25) is 0 Å². The van der Waals surface area contributed by atoms with Crippen LogP contribution in [-0.4, -0.2) is 56.2 Å². The Kier molecular flexibility index (Phi) is 5.62. The summed E-state index contributed by atoms with van der Waals surface area (Å²) in [4.78, 5) is 2.06. The van der Waals surface area contributed by atoms with Gasteiger partial charge in [-0.3, -0.25) is 0 Å². The average Bonchev–Trinajstić information content (AvgIpc) is 2.21. The summed E-state index contributed by atoms with van der Waals surface area (Å²) in [5.74, 6) is 0.952. The van der Waals surface area contributed by atoms with Crippen molar-refractivity contribution in [1.82, 2.24) is 4.90 Å². The molecular weight excluding hydrogens is 250 g/mol. The minimum absolute atomic E-state index is 0.229. The summed E-state index contributed by atoms with van der Waals surface area (Å²) in [6.07, 6.45) is 5.82. The SMILES string of the molecule is CC1CCC(O)(CN(C)CCCS(C)(=O)=O)CC1. The Bertz CT molecular complexity index is 345. The van der Waals surface area contributed by atoms with Crippen molar-refractivity contribution in [2.75, 3.05) is 32.1 Å². The highest BCUT2D eigenvalue weighted by Crippen LogP contribution is 2.32. The molecule has 1 fully saturated rings. The van der Waals surface area contributed by atoms with E-state index < -0.39 is 15.4 Å². The maximum Gasteiger partial charge on any atom is 0.147 e. The number of sulfone groups is 1. The molecule has 0 saturated heterocycles. The Hall–Kier alpha value is -0.130. The number of likely N-dealkylation sites (N-methyl/N-ethyl adjacent to an activating group) is 1. The molecule has 0 heterocycles. The molecule has 0 bridgehead atoms. The maximum absolute atomic E-state index is 11.0. The summed E-state index contributed by atoms with van der Waals surface area (Å²) >= 11 is 0. The quantitative estimate of drug-likeness (QED) is 0.795. The zero-order valence-corrected chi connectivity index (χ0v) is 12.7. The molecule has 0 unspecified atom stereocenters. The molecule has 0 aromatic carbocycles. The van der Waals surface area contributed by atoms with Gasteiger partial charge in [-0.15, -0.1) is 0 Å². The summed E-state index contributed by atoms with van der Waals surface area (Å²) in [6.45, 7) is 3.61. The lowest BCUT2D eigenvalue weighted by Crippen LogP contribution is -2.44. The van der Waals surface area contributed by atoms with Crippen molar-refractivity contribution in [1.29, 1.82) is 0 Å². The minimum Gasteiger partial charge on any atom is -0.389 e. The van der Waals surface area contributed by atoms with Crippen molar-refractivity contribution in [2.45, 2.75) is 44.6 Å². The zero-order valence-electron chi connectivity index (χ0n) is 11.9. The normalized spacial score (nSPS) is 29.7. The lowest BCUT2D eigenvalue weighted by atomic mass is 9.79. The fourth-order valence-electron chi connectivity index (χ4n) is 2.64. The largest absolute Gasteiger partial charge is 0.389 e. The standard InChI is InChI=1S/C13H27NO3S/c1-12-5-7-13(15,8-6-12)11-14(2)9-4-10-18(3,16)17/h12,15H,4-11H2,1-3H3. The minimum atomic E-state index is -2.86. The predicted octanol–water partition coefficient (Wildman–Crippen LogP) is 1.29. The Balaban J connectivity index is 2.29. The molecule has 0 aromatic heterocycles. The summed E-state index contributed by atoms with van der Waals surface area (Å²) < 4.78 is 22.1. The van der Waals surface area contributed by atoms with Gasteiger partial charge in [0.25, 0.3) is 0 Å². The second-order valence-electron chi connectivity index (χ2n) is 6.13. The van der Waals surface area contributed by atoms with E-state index in [9.17, 15) is 13.5 Å². The highest BCUT2D eigenvalue weighted by atomic mass is 32.2. The Morgan fingerprint density at radius 3 is 2.39 bits per heavy atom. The molecule has 0 aromatic rings. The van der Waals surface area contributed by atoms with Gasteiger partial charge in [-0.1, -0.05) is 6.92 Å². The first-order valence-electron chi connectivity index (χ1n) is 6.79. The fourth-order valence-corrected chi connectivity index (χ4v) is 3.29. The van der Waals surface area contributed by atoms with Gasteiger partial charge in [-0.25, -0.2) is 8.42 Å². The second-order valence-corrected chi connectivity index (χ2v) is 8.39. The summed E-state index contributed by atoms with van der Waals surface area (Å²) in [5, 5.41) is 10.5.